The van der Waals surface area contributed by atoms with E-state index in [1.54, 1.807) is 0 Å². The molecule has 1 aromatic carbocycles. The van der Waals surface area contributed by atoms with Crippen molar-refractivity contribution in [2.75, 3.05) is 0 Å². The summed E-state index contributed by atoms with van der Waals surface area (Å²) in [5, 5.41) is 8.72. The Morgan fingerprint density at radius 2 is 1.86 bits per heavy atom. The highest BCUT2D eigenvalue weighted by Crippen LogP contribution is 2.32. The van der Waals surface area contributed by atoms with E-state index in [9.17, 15) is 26.7 Å². The van der Waals surface area contributed by atoms with Crippen LogP contribution >= 0.6 is 0 Å². The number of aromatic nitrogens is 3. The zero-order chi connectivity index (χ0) is 15.8. The molecule has 0 spiro atoms. The Labute approximate surface area is 112 Å². The number of amides is 1. The minimum atomic E-state index is -5.18. The molecule has 0 atom stereocenters. The number of aromatic amines is 1. The fourth-order valence-electron chi connectivity index (χ4n) is 1.51. The van der Waals surface area contributed by atoms with Gasteiger partial charge < -0.3 is 10.5 Å². The highest BCUT2D eigenvalue weighted by Gasteiger charge is 2.33. The van der Waals surface area contributed by atoms with Crippen LogP contribution in [-0.4, -0.2) is 27.7 Å². The first-order valence-electron chi connectivity index (χ1n) is 5.15. The summed E-state index contributed by atoms with van der Waals surface area (Å²) >= 11 is 0. The van der Waals surface area contributed by atoms with Crippen LogP contribution in [0.15, 0.2) is 12.1 Å². The third-order valence-electron chi connectivity index (χ3n) is 2.31. The lowest BCUT2D eigenvalue weighted by atomic mass is 10.1. The van der Waals surface area contributed by atoms with Gasteiger partial charge in [-0.15, -0.1) is 13.2 Å². The van der Waals surface area contributed by atoms with Crippen LogP contribution in [0.3, 0.4) is 0 Å². The average molecular weight is 308 g/mol. The minimum absolute atomic E-state index is 0.433. The molecule has 6 nitrogen and oxygen atoms in total. The van der Waals surface area contributed by atoms with Crippen molar-refractivity contribution in [3.63, 3.8) is 0 Å². The van der Waals surface area contributed by atoms with Gasteiger partial charge in [0.1, 0.15) is 5.69 Å². The standard InChI is InChI=1S/C10H5F5N4O2/c11-5-3(7-8(9(16)20)18-19-17-7)1-2-4(6(5)12)21-10(13,14)15/h1-2H,(H2,16,20)(H,17,18,19). The summed E-state index contributed by atoms with van der Waals surface area (Å²) in [5.74, 6) is -6.00. The predicted molar refractivity (Wildman–Crippen MR) is 56.9 cm³/mol. The number of nitrogens with zero attached hydrogens (tertiary/aromatic N) is 2. The summed E-state index contributed by atoms with van der Waals surface area (Å²) in [4.78, 5) is 11.0. The van der Waals surface area contributed by atoms with Gasteiger partial charge in [-0.25, -0.2) is 4.39 Å². The number of hydrogen-bond donors (Lipinski definition) is 2. The van der Waals surface area contributed by atoms with Crippen LogP contribution in [0.5, 0.6) is 5.75 Å². The average Bonchev–Trinajstić information content (AvgIpc) is 2.83. The third-order valence-corrected chi connectivity index (χ3v) is 2.31. The molecule has 1 aromatic heterocycles. The van der Waals surface area contributed by atoms with Gasteiger partial charge in [-0.05, 0) is 12.1 Å². The Hall–Kier alpha value is -2.72. The molecule has 0 saturated heterocycles. The Bertz CT molecular complexity index is 697. The van der Waals surface area contributed by atoms with Crippen molar-refractivity contribution in [3.05, 3.63) is 29.5 Å². The van der Waals surface area contributed by atoms with Gasteiger partial charge >= 0.3 is 6.36 Å². The van der Waals surface area contributed by atoms with E-state index in [4.69, 9.17) is 5.73 Å². The first-order valence-corrected chi connectivity index (χ1v) is 5.15. The van der Waals surface area contributed by atoms with E-state index < -0.39 is 46.6 Å². The largest absolute Gasteiger partial charge is 0.573 e. The molecule has 0 aliphatic heterocycles. The lowest BCUT2D eigenvalue weighted by molar-refractivity contribution is -0.275. The highest BCUT2D eigenvalue weighted by atomic mass is 19.4. The van der Waals surface area contributed by atoms with Gasteiger partial charge in [0.15, 0.2) is 17.3 Å². The highest BCUT2D eigenvalue weighted by molar-refractivity contribution is 5.96. The summed E-state index contributed by atoms with van der Waals surface area (Å²) in [6.45, 7) is 0. The van der Waals surface area contributed by atoms with Gasteiger partial charge in [0, 0.05) is 5.56 Å². The van der Waals surface area contributed by atoms with Crippen molar-refractivity contribution < 1.29 is 31.5 Å². The van der Waals surface area contributed by atoms with E-state index in [1.165, 1.54) is 0 Å². The monoisotopic (exact) mass is 308 g/mol. The fourth-order valence-corrected chi connectivity index (χ4v) is 1.51. The summed E-state index contributed by atoms with van der Waals surface area (Å²) in [7, 11) is 0. The molecule has 0 aliphatic carbocycles. The number of carbonyl (C=O) groups excluding carboxylic acids is 1. The number of H-pyrrole nitrogens is 1. The number of primary amides is 1. The van der Waals surface area contributed by atoms with E-state index >= 15 is 0 Å². The van der Waals surface area contributed by atoms with Gasteiger partial charge in [-0.1, -0.05) is 0 Å². The molecule has 2 aromatic rings. The molecular formula is C10H5F5N4O2. The lowest BCUT2D eigenvalue weighted by Gasteiger charge is -2.11. The molecule has 1 amide bonds. The van der Waals surface area contributed by atoms with Crippen molar-refractivity contribution >= 4 is 5.91 Å². The zero-order valence-electron chi connectivity index (χ0n) is 9.83. The molecule has 11 heteroatoms. The van der Waals surface area contributed by atoms with Gasteiger partial charge in [-0.3, -0.25) is 4.79 Å². The number of carbonyl (C=O) groups is 1. The number of ether oxygens (including phenoxy) is 1. The number of hydrogen-bond acceptors (Lipinski definition) is 4. The second-order valence-electron chi connectivity index (χ2n) is 3.67. The molecule has 0 unspecified atom stereocenters. The predicted octanol–water partition coefficient (Wildman–Crippen LogP) is 1.75. The number of alkyl halides is 3. The van der Waals surface area contributed by atoms with Crippen molar-refractivity contribution in [2.45, 2.75) is 6.36 Å². The zero-order valence-corrected chi connectivity index (χ0v) is 9.83. The van der Waals surface area contributed by atoms with Crippen LogP contribution < -0.4 is 10.5 Å². The van der Waals surface area contributed by atoms with E-state index in [-0.39, 0.29) is 0 Å². The topological polar surface area (TPSA) is 93.9 Å². The molecule has 112 valence electrons. The summed E-state index contributed by atoms with van der Waals surface area (Å²) in [6, 6.07) is 1.30. The maximum atomic E-state index is 13.8. The van der Waals surface area contributed by atoms with Crippen molar-refractivity contribution in [1.82, 2.24) is 15.4 Å². The van der Waals surface area contributed by atoms with Crippen molar-refractivity contribution in [3.8, 4) is 17.0 Å². The SMILES string of the molecule is NC(=O)c1n[nH]nc1-c1ccc(OC(F)(F)F)c(F)c1F. The molecule has 0 bridgehead atoms. The number of halogens is 5. The van der Waals surface area contributed by atoms with Crippen LogP contribution in [0.2, 0.25) is 0 Å². The number of rotatable bonds is 3. The number of nitrogens with two attached hydrogens (primary N) is 1. The quantitative estimate of drug-likeness (QED) is 0.845. The van der Waals surface area contributed by atoms with E-state index in [0.717, 1.165) is 6.07 Å². The molecule has 0 saturated carbocycles. The summed E-state index contributed by atoms with van der Waals surface area (Å²) in [6.07, 6.45) is -5.18. The van der Waals surface area contributed by atoms with Gasteiger partial charge in [0.05, 0.1) is 0 Å². The molecule has 3 N–H and O–H groups in total. The fraction of sp³-hybridized carbons (Fsp3) is 0.100. The minimum Gasteiger partial charge on any atom is -0.403 e. The van der Waals surface area contributed by atoms with Gasteiger partial charge in [0.2, 0.25) is 5.82 Å². The first kappa shape index (κ1) is 14.7. The Morgan fingerprint density at radius 3 is 2.43 bits per heavy atom. The van der Waals surface area contributed by atoms with Gasteiger partial charge in [-0.2, -0.15) is 19.8 Å². The second-order valence-corrected chi connectivity index (χ2v) is 3.67. The molecule has 0 fully saturated rings. The van der Waals surface area contributed by atoms with Crippen LogP contribution in [0.25, 0.3) is 11.3 Å². The molecule has 2 rings (SSSR count). The second kappa shape index (κ2) is 5.00. The van der Waals surface area contributed by atoms with Crippen molar-refractivity contribution in [2.24, 2.45) is 5.73 Å². The Kier molecular flexibility index (Phi) is 3.49. The van der Waals surface area contributed by atoms with Crippen LogP contribution in [0, 0.1) is 11.6 Å². The Morgan fingerprint density at radius 1 is 1.19 bits per heavy atom. The van der Waals surface area contributed by atoms with E-state index in [2.05, 4.69) is 14.9 Å². The van der Waals surface area contributed by atoms with E-state index in [0.29, 0.717) is 6.07 Å². The summed E-state index contributed by atoms with van der Waals surface area (Å²) in [5.41, 5.74) is 3.43. The lowest BCUT2D eigenvalue weighted by Crippen LogP contribution is -2.18. The maximum absolute atomic E-state index is 13.8. The number of nitrogens with one attached hydrogen (secondary N) is 1. The van der Waals surface area contributed by atoms with Crippen LogP contribution in [-0.2, 0) is 0 Å². The molecule has 0 radical (unpaired) electrons. The van der Waals surface area contributed by atoms with E-state index in [1.807, 2.05) is 5.21 Å². The smallest absolute Gasteiger partial charge is 0.403 e. The maximum Gasteiger partial charge on any atom is 0.573 e. The van der Waals surface area contributed by atoms with Crippen LogP contribution in [0.4, 0.5) is 22.0 Å². The van der Waals surface area contributed by atoms with Crippen molar-refractivity contribution in [1.29, 1.82) is 0 Å². The van der Waals surface area contributed by atoms with Gasteiger partial charge in [0.25, 0.3) is 5.91 Å². The van der Waals surface area contributed by atoms with Crippen LogP contribution in [0.1, 0.15) is 10.5 Å². The summed E-state index contributed by atoms with van der Waals surface area (Å²) < 4.78 is 66.6. The molecule has 0 aliphatic rings. The first-order chi connectivity index (χ1) is 9.70. The third kappa shape index (κ3) is 2.90. The number of benzene rings is 1. The normalized spacial score (nSPS) is 11.5. The molecule has 21 heavy (non-hydrogen) atoms. The molecule has 1 heterocycles. The Balaban J connectivity index is 2.51. The molecular weight excluding hydrogens is 303 g/mol.